The lowest BCUT2D eigenvalue weighted by Gasteiger charge is -2.38. The monoisotopic (exact) mass is 734 g/mol. The molecule has 2 rings (SSSR count). The number of rotatable bonds is 10. The maximum Gasteiger partial charge on any atom is 0.320 e. The number of hydrogen-bond acceptors (Lipinski definition) is 13. The minimum atomic E-state index is -0.695. The van der Waals surface area contributed by atoms with Crippen molar-refractivity contribution in [2.75, 3.05) is 72.0 Å². The summed E-state index contributed by atoms with van der Waals surface area (Å²) in [4.78, 5) is 60.8. The molecule has 296 valence electrons. The van der Waals surface area contributed by atoms with Crippen LogP contribution in [0.15, 0.2) is 24.3 Å². The molecule has 0 amide bonds. The van der Waals surface area contributed by atoms with E-state index >= 15 is 0 Å². The molecule has 52 heavy (non-hydrogen) atoms. The van der Waals surface area contributed by atoms with E-state index in [-0.39, 0.29) is 55.9 Å². The molecule has 1 saturated heterocycles. The Morgan fingerprint density at radius 1 is 0.538 bits per heavy atom. The Morgan fingerprint density at radius 2 is 0.865 bits per heavy atom. The van der Waals surface area contributed by atoms with Gasteiger partial charge in [0.25, 0.3) is 0 Å². The van der Waals surface area contributed by atoms with E-state index in [1.807, 2.05) is 115 Å². The lowest BCUT2D eigenvalue weighted by molar-refractivity contribution is -0.160. The summed E-state index contributed by atoms with van der Waals surface area (Å²) >= 11 is 0. The quantitative estimate of drug-likeness (QED) is 0.275. The van der Waals surface area contributed by atoms with Gasteiger partial charge in [0.15, 0.2) is 0 Å². The van der Waals surface area contributed by atoms with E-state index in [1.165, 1.54) is 0 Å². The van der Waals surface area contributed by atoms with Crippen molar-refractivity contribution in [1.82, 2.24) is 19.6 Å². The molecule has 0 spiro atoms. The third kappa shape index (κ3) is 20.1. The van der Waals surface area contributed by atoms with Crippen LogP contribution in [0.25, 0.3) is 0 Å². The van der Waals surface area contributed by atoms with Gasteiger partial charge in [0.1, 0.15) is 28.2 Å². The lowest BCUT2D eigenvalue weighted by atomic mass is 10.0. The molecule has 0 bridgehead atoms. The van der Waals surface area contributed by atoms with Crippen LogP contribution in [0.1, 0.15) is 88.6 Å². The second-order valence-corrected chi connectivity index (χ2v) is 17.6. The highest BCUT2D eigenvalue weighted by molar-refractivity contribution is 5.73. The van der Waals surface area contributed by atoms with Gasteiger partial charge in [-0.15, -0.1) is 0 Å². The summed E-state index contributed by atoms with van der Waals surface area (Å²) in [5, 5.41) is 9.99. The van der Waals surface area contributed by atoms with E-state index in [1.54, 1.807) is 12.1 Å². The Bertz CT molecular complexity index is 1310. The van der Waals surface area contributed by atoms with E-state index in [2.05, 4.69) is 0 Å². The van der Waals surface area contributed by atoms with Crippen LogP contribution in [0, 0.1) is 0 Å². The van der Waals surface area contributed by atoms with Gasteiger partial charge in [-0.1, -0.05) is 12.1 Å². The Hall–Kier alpha value is -3.26. The minimum Gasteiger partial charge on any atom is -0.508 e. The zero-order valence-electron chi connectivity index (χ0n) is 33.9. The van der Waals surface area contributed by atoms with Crippen molar-refractivity contribution in [3.63, 3.8) is 0 Å². The molecule has 0 saturated carbocycles. The van der Waals surface area contributed by atoms with Gasteiger partial charge >= 0.3 is 23.9 Å². The number of carbonyl (C=O) groups excluding carboxylic acids is 4. The number of esters is 4. The Morgan fingerprint density at radius 3 is 1.25 bits per heavy atom. The van der Waals surface area contributed by atoms with Gasteiger partial charge < -0.3 is 24.1 Å². The van der Waals surface area contributed by atoms with Gasteiger partial charge in [-0.25, -0.2) is 0 Å². The highest BCUT2D eigenvalue weighted by atomic mass is 16.6. The summed E-state index contributed by atoms with van der Waals surface area (Å²) < 4.78 is 22.8. The summed E-state index contributed by atoms with van der Waals surface area (Å²) in [6, 6.07) is 6.62. The molecule has 1 aliphatic heterocycles. The summed E-state index contributed by atoms with van der Waals surface area (Å²) in [5.41, 5.74) is -1.77. The predicted molar refractivity (Wildman–Crippen MR) is 200 cm³/mol. The molecule has 0 unspecified atom stereocenters. The molecule has 1 atom stereocenters. The molecule has 0 aromatic heterocycles. The fourth-order valence-corrected chi connectivity index (χ4v) is 5.72. The van der Waals surface area contributed by atoms with Crippen LogP contribution in [0.5, 0.6) is 5.75 Å². The summed E-state index contributed by atoms with van der Waals surface area (Å²) in [6.45, 7) is 24.7. The first-order chi connectivity index (χ1) is 23.7. The molecule has 1 heterocycles. The molecule has 13 heteroatoms. The summed E-state index contributed by atoms with van der Waals surface area (Å²) in [6.07, 6.45) is 0.488. The maximum absolute atomic E-state index is 13.4. The molecule has 13 nitrogen and oxygen atoms in total. The molecular weight excluding hydrogens is 668 g/mol. The van der Waals surface area contributed by atoms with Crippen LogP contribution in [0.2, 0.25) is 0 Å². The van der Waals surface area contributed by atoms with Gasteiger partial charge in [-0.2, -0.15) is 0 Å². The normalized spacial score (nSPS) is 18.5. The zero-order valence-corrected chi connectivity index (χ0v) is 33.9. The molecule has 0 radical (unpaired) electrons. The third-order valence-electron chi connectivity index (χ3n) is 7.63. The van der Waals surface area contributed by atoms with E-state index in [0.717, 1.165) is 5.56 Å². The Labute approximate surface area is 311 Å². The first-order valence-electron chi connectivity index (χ1n) is 18.3. The van der Waals surface area contributed by atoms with Crippen LogP contribution >= 0.6 is 0 Å². The SMILES string of the molecule is CC(C)(C)OC(=O)CN1CCN(CC(=O)OC(C)(C)C)CCN(CC(=O)OC(C)(C)C)[C@@H](Cc2ccc(O)cc2)CN(CC(=O)OC(C)(C)C)CC1. The van der Waals surface area contributed by atoms with Gasteiger partial charge in [0, 0.05) is 51.9 Å². The highest BCUT2D eigenvalue weighted by Gasteiger charge is 2.31. The number of carbonyl (C=O) groups is 4. The fraction of sp³-hybridized carbons (Fsp3) is 0.744. The predicted octanol–water partition coefficient (Wildman–Crippen LogP) is 3.89. The van der Waals surface area contributed by atoms with E-state index in [0.29, 0.717) is 52.2 Å². The van der Waals surface area contributed by atoms with Gasteiger partial charge in [0.2, 0.25) is 0 Å². The number of benzene rings is 1. The molecule has 1 N–H and O–H groups in total. The largest absolute Gasteiger partial charge is 0.508 e. The topological polar surface area (TPSA) is 138 Å². The van der Waals surface area contributed by atoms with Gasteiger partial charge in [-0.05, 0) is 107 Å². The number of phenols is 1. The Kier molecular flexibility index (Phi) is 16.6. The first kappa shape index (κ1) is 44.9. The number of aromatic hydroxyl groups is 1. The number of hydrogen-bond donors (Lipinski definition) is 1. The van der Waals surface area contributed by atoms with Crippen molar-refractivity contribution in [3.8, 4) is 5.75 Å². The maximum atomic E-state index is 13.4. The van der Waals surface area contributed by atoms with Crippen LogP contribution in [0.4, 0.5) is 0 Å². The van der Waals surface area contributed by atoms with Crippen molar-refractivity contribution in [2.24, 2.45) is 0 Å². The lowest BCUT2D eigenvalue weighted by Crippen LogP contribution is -2.54. The molecule has 1 aromatic carbocycles. The van der Waals surface area contributed by atoms with Gasteiger partial charge in [-0.3, -0.25) is 38.8 Å². The molecule has 1 aromatic rings. The minimum absolute atomic E-state index is 0.00529. The molecule has 1 aliphatic rings. The van der Waals surface area contributed by atoms with Crippen molar-refractivity contribution >= 4 is 23.9 Å². The van der Waals surface area contributed by atoms with E-state index < -0.39 is 28.4 Å². The van der Waals surface area contributed by atoms with Crippen molar-refractivity contribution in [2.45, 2.75) is 118 Å². The number of nitrogens with zero attached hydrogens (tertiary/aromatic N) is 4. The standard InChI is InChI=1S/C39H66N4O9/c1-36(2,3)49-32(45)25-40-17-18-41(26-33(46)50-37(4,5)6)21-22-43(28-35(48)52-39(10,11)12)30(23-29-13-15-31(44)16-14-29)24-42(20-19-40)27-34(47)51-38(7,8)9/h13-16,30,44H,17-28H2,1-12H3/t30-/m0/s1. The van der Waals surface area contributed by atoms with Crippen molar-refractivity contribution < 1.29 is 43.2 Å². The first-order valence-corrected chi connectivity index (χ1v) is 18.3. The van der Waals surface area contributed by atoms with Gasteiger partial charge in [0.05, 0.1) is 26.2 Å². The number of ether oxygens (including phenoxy) is 4. The molecule has 1 fully saturated rings. The zero-order chi connectivity index (χ0) is 39.5. The fourth-order valence-electron chi connectivity index (χ4n) is 5.72. The van der Waals surface area contributed by atoms with Crippen LogP contribution in [-0.2, 0) is 44.5 Å². The summed E-state index contributed by atoms with van der Waals surface area (Å²) in [7, 11) is 0. The molecule has 0 aliphatic carbocycles. The third-order valence-corrected chi connectivity index (χ3v) is 7.63. The summed E-state index contributed by atoms with van der Waals surface area (Å²) in [5.74, 6) is -1.38. The van der Waals surface area contributed by atoms with Crippen molar-refractivity contribution in [3.05, 3.63) is 29.8 Å². The second kappa shape index (κ2) is 19.2. The highest BCUT2D eigenvalue weighted by Crippen LogP contribution is 2.18. The smallest absolute Gasteiger partial charge is 0.320 e. The van der Waals surface area contributed by atoms with E-state index in [9.17, 15) is 24.3 Å². The second-order valence-electron chi connectivity index (χ2n) is 17.6. The van der Waals surface area contributed by atoms with Crippen LogP contribution in [-0.4, -0.2) is 149 Å². The molecular formula is C39H66N4O9. The average molecular weight is 735 g/mol. The number of phenolic OH excluding ortho intramolecular Hbond substituents is 1. The van der Waals surface area contributed by atoms with Crippen LogP contribution in [0.3, 0.4) is 0 Å². The van der Waals surface area contributed by atoms with E-state index in [4.69, 9.17) is 18.9 Å². The van der Waals surface area contributed by atoms with Crippen LogP contribution < -0.4 is 0 Å². The average Bonchev–Trinajstić information content (AvgIpc) is 2.92. The Balaban J connectivity index is 2.59. The van der Waals surface area contributed by atoms with Crippen molar-refractivity contribution in [1.29, 1.82) is 0 Å².